The zero-order valence-corrected chi connectivity index (χ0v) is 11.5. The Bertz CT molecular complexity index is 551. The maximum absolute atomic E-state index is 12.0. The van der Waals surface area contributed by atoms with Gasteiger partial charge in [0.15, 0.2) is 0 Å². The summed E-state index contributed by atoms with van der Waals surface area (Å²) in [6, 6.07) is 4.46. The molecule has 0 fully saturated rings. The van der Waals surface area contributed by atoms with Crippen molar-refractivity contribution in [1.29, 1.82) is 0 Å². The molecule has 0 aliphatic carbocycles. The van der Waals surface area contributed by atoms with E-state index in [1.165, 1.54) is 23.1 Å². The standard InChI is InChI=1S/C12H17NO4S/c1-9-8-10(14)4-5-11(9)12(15)13(2)6-7-18(3,16)17/h4-5,8,14H,6-7H2,1-3H3. The number of aryl methyl sites for hydroxylation is 1. The van der Waals surface area contributed by atoms with Crippen LogP contribution in [0.3, 0.4) is 0 Å². The summed E-state index contributed by atoms with van der Waals surface area (Å²) in [6.07, 6.45) is 1.14. The van der Waals surface area contributed by atoms with E-state index in [1.54, 1.807) is 14.0 Å². The van der Waals surface area contributed by atoms with Gasteiger partial charge in [0.05, 0.1) is 5.75 Å². The Kier molecular flexibility index (Phi) is 4.34. The summed E-state index contributed by atoms with van der Waals surface area (Å²) in [5.41, 5.74) is 1.12. The van der Waals surface area contributed by atoms with Crippen molar-refractivity contribution in [1.82, 2.24) is 4.90 Å². The summed E-state index contributed by atoms with van der Waals surface area (Å²) in [7, 11) is -1.53. The minimum atomic E-state index is -3.09. The van der Waals surface area contributed by atoms with Crippen LogP contribution in [0.1, 0.15) is 15.9 Å². The fourth-order valence-corrected chi connectivity index (χ4v) is 2.10. The Morgan fingerprint density at radius 3 is 2.50 bits per heavy atom. The molecule has 0 aliphatic rings. The molecule has 5 nitrogen and oxygen atoms in total. The van der Waals surface area contributed by atoms with Crippen molar-refractivity contribution in [3.8, 4) is 5.75 Å². The molecule has 6 heteroatoms. The first-order valence-corrected chi connectivity index (χ1v) is 7.49. The van der Waals surface area contributed by atoms with E-state index in [1.807, 2.05) is 0 Å². The maximum atomic E-state index is 12.0. The lowest BCUT2D eigenvalue weighted by Gasteiger charge is -2.17. The third kappa shape index (κ3) is 4.03. The molecule has 100 valence electrons. The number of hydrogen-bond acceptors (Lipinski definition) is 4. The Balaban J connectivity index is 2.80. The van der Waals surface area contributed by atoms with Crippen LogP contribution in [-0.4, -0.2) is 49.9 Å². The van der Waals surface area contributed by atoms with Crippen molar-refractivity contribution in [2.75, 3.05) is 25.6 Å². The number of benzene rings is 1. The summed E-state index contributed by atoms with van der Waals surface area (Å²) in [5, 5.41) is 9.26. The molecule has 0 saturated carbocycles. The smallest absolute Gasteiger partial charge is 0.253 e. The van der Waals surface area contributed by atoms with E-state index < -0.39 is 9.84 Å². The topological polar surface area (TPSA) is 74.7 Å². The van der Waals surface area contributed by atoms with Gasteiger partial charge in [0.25, 0.3) is 5.91 Å². The molecular weight excluding hydrogens is 254 g/mol. The largest absolute Gasteiger partial charge is 0.508 e. The molecule has 1 aromatic rings. The molecule has 0 spiro atoms. The van der Waals surface area contributed by atoms with Gasteiger partial charge in [-0.15, -0.1) is 0 Å². The average molecular weight is 271 g/mol. The fraction of sp³-hybridized carbons (Fsp3) is 0.417. The molecule has 0 heterocycles. The number of aromatic hydroxyl groups is 1. The second-order valence-electron chi connectivity index (χ2n) is 4.36. The summed E-state index contributed by atoms with van der Waals surface area (Å²) in [5.74, 6) is -0.217. The number of hydrogen-bond donors (Lipinski definition) is 1. The molecule has 1 N–H and O–H groups in total. The maximum Gasteiger partial charge on any atom is 0.253 e. The summed E-state index contributed by atoms with van der Waals surface area (Å²) >= 11 is 0. The van der Waals surface area contributed by atoms with E-state index in [9.17, 15) is 18.3 Å². The van der Waals surface area contributed by atoms with Crippen LogP contribution in [0.5, 0.6) is 5.75 Å². The number of nitrogens with zero attached hydrogens (tertiary/aromatic N) is 1. The van der Waals surface area contributed by atoms with E-state index >= 15 is 0 Å². The Labute approximate surface area is 107 Å². The number of phenols is 1. The van der Waals surface area contributed by atoms with Gasteiger partial charge in [0, 0.05) is 25.4 Å². The van der Waals surface area contributed by atoms with Gasteiger partial charge in [-0.25, -0.2) is 8.42 Å². The van der Waals surface area contributed by atoms with E-state index in [2.05, 4.69) is 0 Å². The van der Waals surface area contributed by atoms with Gasteiger partial charge in [-0.2, -0.15) is 0 Å². The van der Waals surface area contributed by atoms with E-state index in [0.717, 1.165) is 6.26 Å². The SMILES string of the molecule is Cc1cc(O)ccc1C(=O)N(C)CCS(C)(=O)=O. The Morgan fingerprint density at radius 1 is 1.39 bits per heavy atom. The lowest BCUT2D eigenvalue weighted by atomic mass is 10.1. The van der Waals surface area contributed by atoms with Crippen LogP contribution in [-0.2, 0) is 9.84 Å². The molecule has 18 heavy (non-hydrogen) atoms. The lowest BCUT2D eigenvalue weighted by Crippen LogP contribution is -2.31. The second-order valence-corrected chi connectivity index (χ2v) is 6.62. The normalized spacial score (nSPS) is 11.3. The molecule has 0 saturated heterocycles. The van der Waals surface area contributed by atoms with Crippen molar-refractivity contribution in [3.63, 3.8) is 0 Å². The van der Waals surface area contributed by atoms with E-state index in [0.29, 0.717) is 11.1 Å². The molecule has 1 rings (SSSR count). The predicted molar refractivity (Wildman–Crippen MR) is 69.5 cm³/mol. The van der Waals surface area contributed by atoms with E-state index in [-0.39, 0.29) is 24.0 Å². The van der Waals surface area contributed by atoms with Crippen molar-refractivity contribution >= 4 is 15.7 Å². The van der Waals surface area contributed by atoms with Gasteiger partial charge in [0.1, 0.15) is 15.6 Å². The lowest BCUT2D eigenvalue weighted by molar-refractivity contribution is 0.0802. The van der Waals surface area contributed by atoms with Crippen LogP contribution in [0, 0.1) is 6.92 Å². The molecule has 0 unspecified atom stereocenters. The van der Waals surface area contributed by atoms with E-state index in [4.69, 9.17) is 0 Å². The summed E-state index contributed by atoms with van der Waals surface area (Å²) in [4.78, 5) is 13.4. The highest BCUT2D eigenvalue weighted by Crippen LogP contribution is 2.16. The monoisotopic (exact) mass is 271 g/mol. The van der Waals surface area contributed by atoms with Crippen LogP contribution < -0.4 is 0 Å². The van der Waals surface area contributed by atoms with Gasteiger partial charge in [0.2, 0.25) is 0 Å². The van der Waals surface area contributed by atoms with Crippen LogP contribution >= 0.6 is 0 Å². The molecule has 0 aliphatic heterocycles. The van der Waals surface area contributed by atoms with Crippen LogP contribution in [0.2, 0.25) is 0 Å². The first-order chi connectivity index (χ1) is 8.20. The number of sulfone groups is 1. The second kappa shape index (κ2) is 5.39. The summed E-state index contributed by atoms with van der Waals surface area (Å²) < 4.78 is 22.1. The van der Waals surface area contributed by atoms with Gasteiger partial charge >= 0.3 is 0 Å². The molecule has 1 amide bonds. The fourth-order valence-electron chi connectivity index (χ4n) is 1.50. The number of carbonyl (C=O) groups is 1. The number of rotatable bonds is 4. The minimum absolute atomic E-state index is 0.0631. The third-order valence-electron chi connectivity index (χ3n) is 2.58. The van der Waals surface area contributed by atoms with Crippen molar-refractivity contribution in [2.45, 2.75) is 6.92 Å². The van der Waals surface area contributed by atoms with Gasteiger partial charge < -0.3 is 10.0 Å². The van der Waals surface area contributed by atoms with Crippen LogP contribution in [0.15, 0.2) is 18.2 Å². The van der Waals surface area contributed by atoms with Crippen LogP contribution in [0.25, 0.3) is 0 Å². The highest BCUT2D eigenvalue weighted by Gasteiger charge is 2.15. The third-order valence-corrected chi connectivity index (χ3v) is 3.51. The van der Waals surface area contributed by atoms with Crippen molar-refractivity contribution in [2.24, 2.45) is 0 Å². The first kappa shape index (κ1) is 14.5. The number of phenolic OH excluding ortho intramolecular Hbond substituents is 1. The molecule has 0 aromatic heterocycles. The molecule has 1 aromatic carbocycles. The first-order valence-electron chi connectivity index (χ1n) is 5.43. The average Bonchev–Trinajstić information content (AvgIpc) is 2.24. The van der Waals surface area contributed by atoms with Gasteiger partial charge in [-0.3, -0.25) is 4.79 Å². The Morgan fingerprint density at radius 2 is 2.00 bits per heavy atom. The number of carbonyl (C=O) groups excluding carboxylic acids is 1. The van der Waals surface area contributed by atoms with Crippen molar-refractivity contribution < 1.29 is 18.3 Å². The molecule has 0 radical (unpaired) electrons. The van der Waals surface area contributed by atoms with Gasteiger partial charge in [-0.05, 0) is 30.7 Å². The Hall–Kier alpha value is -1.56. The molecule has 0 bridgehead atoms. The molecule has 0 atom stereocenters. The predicted octanol–water partition coefficient (Wildman–Crippen LogP) is 0.817. The molecular formula is C12H17NO4S. The zero-order chi connectivity index (χ0) is 13.9. The van der Waals surface area contributed by atoms with Crippen LogP contribution in [0.4, 0.5) is 0 Å². The highest BCUT2D eigenvalue weighted by molar-refractivity contribution is 7.90. The summed E-state index contributed by atoms with van der Waals surface area (Å²) in [6.45, 7) is 1.87. The van der Waals surface area contributed by atoms with Gasteiger partial charge in [-0.1, -0.05) is 0 Å². The van der Waals surface area contributed by atoms with Crippen molar-refractivity contribution in [3.05, 3.63) is 29.3 Å². The minimum Gasteiger partial charge on any atom is -0.508 e. The zero-order valence-electron chi connectivity index (χ0n) is 10.7. The quantitative estimate of drug-likeness (QED) is 0.879. The number of amides is 1. The highest BCUT2D eigenvalue weighted by atomic mass is 32.2.